The predicted molar refractivity (Wildman–Crippen MR) is 164 cm³/mol. The minimum absolute atomic E-state index is 0.0607. The van der Waals surface area contributed by atoms with Crippen molar-refractivity contribution in [3.05, 3.63) is 44.5 Å². The van der Waals surface area contributed by atoms with Gasteiger partial charge in [-0.25, -0.2) is 14.8 Å². The smallest absolute Gasteiger partial charge is 0.352 e. The molecule has 3 aromatic rings. The minimum atomic E-state index is -1.29. The summed E-state index contributed by atoms with van der Waals surface area (Å²) in [6.07, 6.45) is 4.03. The van der Waals surface area contributed by atoms with Gasteiger partial charge in [-0.2, -0.15) is 9.50 Å². The minimum Gasteiger partial charge on any atom is -0.477 e. The molecule has 0 spiro atoms. The Labute approximate surface area is 266 Å². The molecule has 3 amide bonds. The second-order valence-electron chi connectivity index (χ2n) is 10.1. The number of rotatable bonds is 9. The highest BCUT2D eigenvalue weighted by atomic mass is 32.2. The van der Waals surface area contributed by atoms with E-state index < -0.39 is 34.8 Å². The van der Waals surface area contributed by atoms with E-state index in [4.69, 9.17) is 10.6 Å². The number of nitrogen functional groups attached to an aromatic ring is 1. The van der Waals surface area contributed by atoms with Crippen LogP contribution in [0.3, 0.4) is 0 Å². The van der Waals surface area contributed by atoms with Crippen LogP contribution in [0, 0.1) is 0 Å². The molecule has 6 rings (SSSR count). The van der Waals surface area contributed by atoms with Crippen molar-refractivity contribution in [2.24, 2.45) is 5.16 Å². The van der Waals surface area contributed by atoms with E-state index in [2.05, 4.69) is 30.5 Å². The van der Waals surface area contributed by atoms with Crippen molar-refractivity contribution >= 4 is 75.2 Å². The Morgan fingerprint density at radius 2 is 2.02 bits per heavy atom. The van der Waals surface area contributed by atoms with Crippen LogP contribution in [-0.2, 0) is 19.2 Å². The number of piperidine rings is 1. The van der Waals surface area contributed by atoms with Gasteiger partial charge in [0.15, 0.2) is 16.0 Å². The van der Waals surface area contributed by atoms with Crippen molar-refractivity contribution in [2.75, 3.05) is 37.4 Å². The maximum atomic E-state index is 13.1. The Balaban J connectivity index is 1.16. The Morgan fingerprint density at radius 1 is 1.24 bits per heavy atom. The summed E-state index contributed by atoms with van der Waals surface area (Å²) in [4.78, 5) is 84.4. The van der Waals surface area contributed by atoms with Crippen LogP contribution in [0.1, 0.15) is 35.3 Å². The van der Waals surface area contributed by atoms with Gasteiger partial charge in [-0.3, -0.25) is 29.2 Å². The number of β-lactam (4-membered cyclic amide) rings is 1. The zero-order chi connectivity index (χ0) is 31.8. The zero-order valence-corrected chi connectivity index (χ0v) is 26.0. The zero-order valence-electron chi connectivity index (χ0n) is 23.6. The van der Waals surface area contributed by atoms with Crippen LogP contribution >= 0.6 is 34.9 Å². The summed E-state index contributed by atoms with van der Waals surface area (Å²) >= 11 is 3.52. The highest BCUT2D eigenvalue weighted by molar-refractivity contribution is 8.01. The van der Waals surface area contributed by atoms with Gasteiger partial charge in [0.1, 0.15) is 35.5 Å². The summed E-state index contributed by atoms with van der Waals surface area (Å²) in [5, 5.41) is 20.6. The van der Waals surface area contributed by atoms with Crippen LogP contribution in [0.15, 0.2) is 38.0 Å². The lowest BCUT2D eigenvalue weighted by atomic mass is 10.0. The van der Waals surface area contributed by atoms with Gasteiger partial charge in [-0.1, -0.05) is 16.9 Å². The SMILES string of the molecule is CO/N=C(\C(=O)N[C@@H]1C(=O)N2C(C(=O)O)=C(CSc3nc4ncc(C(=O)N5CCCCC5)c(=O)n4[nH]3)CS[C@H]12)c1csc(N)n1. The molecule has 20 heteroatoms. The van der Waals surface area contributed by atoms with Crippen molar-refractivity contribution in [1.29, 1.82) is 0 Å². The van der Waals surface area contributed by atoms with Gasteiger partial charge < -0.3 is 25.9 Å². The van der Waals surface area contributed by atoms with Crippen LogP contribution in [0.5, 0.6) is 0 Å². The fourth-order valence-electron chi connectivity index (χ4n) is 5.17. The molecule has 2 fully saturated rings. The summed E-state index contributed by atoms with van der Waals surface area (Å²) in [6.45, 7) is 1.17. The van der Waals surface area contributed by atoms with E-state index in [1.54, 1.807) is 4.90 Å². The van der Waals surface area contributed by atoms with E-state index in [-0.39, 0.29) is 56.1 Å². The molecular formula is C25H26N10O7S3. The van der Waals surface area contributed by atoms with E-state index in [1.165, 1.54) is 30.4 Å². The number of carbonyl (C=O) groups excluding carboxylic acids is 3. The number of thioether (sulfide) groups is 2. The Kier molecular flexibility index (Phi) is 8.51. The average molecular weight is 675 g/mol. The van der Waals surface area contributed by atoms with Crippen LogP contribution in [0.2, 0.25) is 0 Å². The highest BCUT2D eigenvalue weighted by Crippen LogP contribution is 2.41. The van der Waals surface area contributed by atoms with Gasteiger partial charge in [0.25, 0.3) is 29.1 Å². The third-order valence-electron chi connectivity index (χ3n) is 7.31. The molecule has 5 N–H and O–H groups in total. The summed E-state index contributed by atoms with van der Waals surface area (Å²) < 4.78 is 1.09. The number of H-pyrrole nitrogens is 1. The van der Waals surface area contributed by atoms with Crippen molar-refractivity contribution < 1.29 is 29.1 Å². The lowest BCUT2D eigenvalue weighted by Crippen LogP contribution is -2.71. The highest BCUT2D eigenvalue weighted by Gasteiger charge is 2.54. The number of nitrogens with one attached hydrogen (secondary N) is 2. The maximum Gasteiger partial charge on any atom is 0.352 e. The first kappa shape index (κ1) is 30.6. The van der Waals surface area contributed by atoms with Gasteiger partial charge in [0, 0.05) is 36.2 Å². The second-order valence-corrected chi connectivity index (χ2v) is 13.1. The number of carbonyl (C=O) groups is 4. The summed E-state index contributed by atoms with van der Waals surface area (Å²) in [5.41, 5.74) is 5.30. The van der Waals surface area contributed by atoms with Crippen LogP contribution < -0.4 is 16.6 Å². The van der Waals surface area contributed by atoms with Crippen molar-refractivity contribution in [1.82, 2.24) is 39.7 Å². The summed E-state index contributed by atoms with van der Waals surface area (Å²) in [6, 6.07) is -1.00. The van der Waals surface area contributed by atoms with Crippen molar-refractivity contribution in [3.8, 4) is 0 Å². The lowest BCUT2D eigenvalue weighted by Gasteiger charge is -2.49. The van der Waals surface area contributed by atoms with E-state index in [0.29, 0.717) is 18.7 Å². The summed E-state index contributed by atoms with van der Waals surface area (Å²) in [7, 11) is 1.26. The van der Waals surface area contributed by atoms with Gasteiger partial charge in [-0.15, -0.1) is 23.1 Å². The number of fused-ring (bicyclic) bond motifs is 2. The molecule has 3 aliphatic rings. The van der Waals surface area contributed by atoms with Gasteiger partial charge in [0.2, 0.25) is 0 Å². The molecule has 0 unspecified atom stereocenters. The molecule has 0 aromatic carbocycles. The molecule has 0 radical (unpaired) electrons. The molecule has 236 valence electrons. The van der Waals surface area contributed by atoms with Gasteiger partial charge >= 0.3 is 5.97 Å². The number of carboxylic acid groups (broad SMARTS) is 1. The number of thiazole rings is 1. The molecule has 0 bridgehead atoms. The van der Waals surface area contributed by atoms with Gasteiger partial charge in [0.05, 0.1) is 0 Å². The number of carboxylic acids is 1. The Hall–Kier alpha value is -4.43. The first-order valence-electron chi connectivity index (χ1n) is 13.6. The lowest BCUT2D eigenvalue weighted by molar-refractivity contribution is -0.150. The molecule has 6 heterocycles. The van der Waals surface area contributed by atoms with Gasteiger partial charge in [-0.05, 0) is 24.8 Å². The van der Waals surface area contributed by atoms with E-state index in [1.807, 2.05) is 0 Å². The average Bonchev–Trinajstić information content (AvgIpc) is 3.67. The first-order chi connectivity index (χ1) is 21.7. The third kappa shape index (κ3) is 5.75. The quantitative estimate of drug-likeness (QED) is 0.101. The van der Waals surface area contributed by atoms with E-state index in [9.17, 15) is 29.1 Å². The fourth-order valence-corrected chi connectivity index (χ4v) is 8.04. The Morgan fingerprint density at radius 3 is 2.71 bits per heavy atom. The van der Waals surface area contributed by atoms with Crippen molar-refractivity contribution in [2.45, 2.75) is 35.8 Å². The monoisotopic (exact) mass is 674 g/mol. The number of hydrogen-bond acceptors (Lipinski definition) is 14. The fraction of sp³-hybridized carbons (Fsp3) is 0.400. The van der Waals surface area contributed by atoms with Crippen LogP contribution in [0.4, 0.5) is 5.13 Å². The van der Waals surface area contributed by atoms with Crippen molar-refractivity contribution in [3.63, 3.8) is 0 Å². The van der Waals surface area contributed by atoms with Crippen LogP contribution in [-0.4, -0.2) is 112 Å². The number of anilines is 1. The van der Waals surface area contributed by atoms with Crippen LogP contribution in [0.25, 0.3) is 5.78 Å². The molecule has 2 atom stereocenters. The molecule has 0 aliphatic carbocycles. The number of aromatic nitrogens is 5. The third-order valence-corrected chi connectivity index (χ3v) is 10.3. The molecule has 3 aliphatic heterocycles. The molecule has 0 saturated carbocycles. The number of nitrogens with two attached hydrogens (primary N) is 1. The number of hydrogen-bond donors (Lipinski definition) is 4. The normalized spacial score (nSPS) is 20.2. The number of likely N-dealkylation sites (tertiary alicyclic amines) is 1. The first-order valence-corrected chi connectivity index (χ1v) is 16.5. The number of oxime groups is 1. The largest absolute Gasteiger partial charge is 0.477 e. The predicted octanol–water partition coefficient (Wildman–Crippen LogP) is -0.0362. The molecule has 17 nitrogen and oxygen atoms in total. The molecular weight excluding hydrogens is 649 g/mol. The Bertz CT molecular complexity index is 1830. The van der Waals surface area contributed by atoms with E-state index in [0.717, 1.165) is 51.8 Å². The topological polar surface area (TPSA) is 231 Å². The number of aliphatic carboxylic acids is 1. The number of amides is 3. The standard InChI is InChI=1S/C25H26N10O7S3/c1-42-32-14(13-10-44-23(26)28-13)17(36)29-15-20(39)34-16(22(40)41)11(8-43-21(15)34)9-45-25-30-24-27-7-12(19(38)35(24)31-25)18(37)33-5-3-2-4-6-33/h7,10,15,21H,2-6,8-9H2,1H3,(H2,26,28)(H,29,36)(H,40,41)(H,27,30,31)/b32-14-/t15-,21-/m1/s1. The van der Waals surface area contributed by atoms with E-state index >= 15 is 0 Å². The number of nitrogens with zero attached hydrogens (tertiary/aromatic N) is 7. The summed E-state index contributed by atoms with van der Waals surface area (Å²) in [5.74, 6) is -2.54. The molecule has 2 saturated heterocycles. The number of aromatic amines is 1. The second kappa shape index (κ2) is 12.5. The molecule has 3 aromatic heterocycles. The maximum absolute atomic E-state index is 13.1. The molecule has 45 heavy (non-hydrogen) atoms.